The minimum atomic E-state index is -0.0506. The molecule has 2 amide bonds. The van der Waals surface area contributed by atoms with Crippen molar-refractivity contribution in [3.05, 3.63) is 16.1 Å². The highest BCUT2D eigenvalue weighted by Gasteiger charge is 2.27. The van der Waals surface area contributed by atoms with Crippen molar-refractivity contribution in [2.45, 2.75) is 45.1 Å². The molecule has 2 aliphatic rings. The number of carbonyl (C=O) groups is 2. The van der Waals surface area contributed by atoms with Crippen molar-refractivity contribution < 1.29 is 9.59 Å². The molecule has 132 valence electrons. The molecule has 0 spiro atoms. The number of piperazine rings is 1. The number of hydrogen-bond donors (Lipinski definition) is 1. The third-order valence-electron chi connectivity index (χ3n) is 5.05. The first-order chi connectivity index (χ1) is 11.7. The highest BCUT2D eigenvalue weighted by atomic mass is 32.1. The van der Waals surface area contributed by atoms with Crippen molar-refractivity contribution >= 4 is 23.2 Å². The van der Waals surface area contributed by atoms with Gasteiger partial charge in [-0.2, -0.15) is 0 Å². The van der Waals surface area contributed by atoms with Gasteiger partial charge < -0.3 is 15.5 Å². The van der Waals surface area contributed by atoms with Crippen molar-refractivity contribution in [3.63, 3.8) is 0 Å². The predicted octanol–water partition coefficient (Wildman–Crippen LogP) is 1.86. The van der Waals surface area contributed by atoms with E-state index in [0.717, 1.165) is 5.01 Å². The van der Waals surface area contributed by atoms with E-state index < -0.39 is 0 Å². The average molecular weight is 350 g/mol. The standard InChI is InChI=1S/C17H26N4O2S/c18-11-15-19-14(12-24-15)17(23)21-8-6-20(7-9-21)16(22)10-13-4-2-1-3-5-13/h12-13H,1-11,18H2. The molecule has 2 N–H and O–H groups in total. The Bertz CT molecular complexity index is 575. The van der Waals surface area contributed by atoms with Gasteiger partial charge in [0.2, 0.25) is 5.91 Å². The number of rotatable bonds is 4. The lowest BCUT2D eigenvalue weighted by atomic mass is 9.86. The molecule has 24 heavy (non-hydrogen) atoms. The Balaban J connectivity index is 1.47. The summed E-state index contributed by atoms with van der Waals surface area (Å²) in [5.41, 5.74) is 6.02. The van der Waals surface area contributed by atoms with Crippen LogP contribution in [0, 0.1) is 5.92 Å². The van der Waals surface area contributed by atoms with Crippen LogP contribution in [0.3, 0.4) is 0 Å². The first kappa shape index (κ1) is 17.4. The molecule has 6 nitrogen and oxygen atoms in total. The summed E-state index contributed by atoms with van der Waals surface area (Å²) in [6.45, 7) is 2.80. The molecule has 7 heteroatoms. The van der Waals surface area contributed by atoms with Gasteiger partial charge in [-0.1, -0.05) is 19.3 Å². The molecule has 3 rings (SSSR count). The van der Waals surface area contributed by atoms with Crippen LogP contribution in [0.1, 0.15) is 54.0 Å². The molecule has 0 unspecified atom stereocenters. The van der Waals surface area contributed by atoms with Gasteiger partial charge >= 0.3 is 0 Å². The van der Waals surface area contributed by atoms with Gasteiger partial charge in [-0.3, -0.25) is 9.59 Å². The second-order valence-corrected chi connectivity index (χ2v) is 7.65. The van der Waals surface area contributed by atoms with Crippen molar-refractivity contribution in [1.29, 1.82) is 0 Å². The second kappa shape index (κ2) is 8.07. The summed E-state index contributed by atoms with van der Waals surface area (Å²) in [4.78, 5) is 32.9. The molecule has 1 aromatic heterocycles. The summed E-state index contributed by atoms with van der Waals surface area (Å²) in [6, 6.07) is 0. The Morgan fingerprint density at radius 2 is 1.79 bits per heavy atom. The van der Waals surface area contributed by atoms with Gasteiger partial charge in [-0.15, -0.1) is 11.3 Å². The maximum atomic E-state index is 12.5. The van der Waals surface area contributed by atoms with Crippen LogP contribution in [0.4, 0.5) is 0 Å². The van der Waals surface area contributed by atoms with E-state index in [0.29, 0.717) is 50.8 Å². The third-order valence-corrected chi connectivity index (χ3v) is 5.92. The van der Waals surface area contributed by atoms with Gasteiger partial charge in [0.1, 0.15) is 10.7 Å². The number of thiazole rings is 1. The molecule has 1 saturated heterocycles. The molecule has 1 aromatic rings. The van der Waals surface area contributed by atoms with Crippen molar-refractivity contribution in [2.75, 3.05) is 26.2 Å². The number of hydrogen-bond acceptors (Lipinski definition) is 5. The fraction of sp³-hybridized carbons (Fsp3) is 0.706. The molecule has 1 aliphatic carbocycles. The van der Waals surface area contributed by atoms with E-state index >= 15 is 0 Å². The van der Waals surface area contributed by atoms with Crippen molar-refractivity contribution in [1.82, 2.24) is 14.8 Å². The quantitative estimate of drug-likeness (QED) is 0.899. The lowest BCUT2D eigenvalue weighted by Crippen LogP contribution is -2.51. The van der Waals surface area contributed by atoms with Crippen LogP contribution < -0.4 is 5.73 Å². The molecule has 1 saturated carbocycles. The van der Waals surface area contributed by atoms with Crippen LogP contribution in [0.5, 0.6) is 0 Å². The predicted molar refractivity (Wildman–Crippen MR) is 93.7 cm³/mol. The van der Waals surface area contributed by atoms with Crippen LogP contribution in [-0.4, -0.2) is 52.8 Å². The first-order valence-electron chi connectivity index (χ1n) is 8.89. The SMILES string of the molecule is NCc1nc(C(=O)N2CCN(C(=O)CC3CCCCC3)CC2)cs1. The Morgan fingerprint density at radius 3 is 2.42 bits per heavy atom. The minimum absolute atomic E-state index is 0.0506. The van der Waals surface area contributed by atoms with Gasteiger partial charge in [-0.25, -0.2) is 4.98 Å². The van der Waals surface area contributed by atoms with Crippen LogP contribution >= 0.6 is 11.3 Å². The Kier molecular flexibility index (Phi) is 5.84. The highest BCUT2D eigenvalue weighted by molar-refractivity contribution is 7.09. The third kappa shape index (κ3) is 4.13. The van der Waals surface area contributed by atoms with E-state index in [1.807, 2.05) is 4.90 Å². The monoisotopic (exact) mass is 350 g/mol. The fourth-order valence-electron chi connectivity index (χ4n) is 3.59. The molecular weight excluding hydrogens is 324 g/mol. The molecule has 2 fully saturated rings. The summed E-state index contributed by atoms with van der Waals surface area (Å²) in [7, 11) is 0. The van der Waals surface area contributed by atoms with E-state index in [4.69, 9.17) is 5.73 Å². The fourth-order valence-corrected chi connectivity index (χ4v) is 4.24. The summed E-state index contributed by atoms with van der Waals surface area (Å²) in [6.07, 6.45) is 6.90. The van der Waals surface area contributed by atoms with Crippen molar-refractivity contribution in [3.8, 4) is 0 Å². The van der Waals surface area contributed by atoms with Gasteiger partial charge in [0, 0.05) is 44.5 Å². The molecule has 0 atom stereocenters. The molecule has 0 radical (unpaired) electrons. The number of nitrogens with two attached hydrogens (primary N) is 1. The van der Waals surface area contributed by atoms with Gasteiger partial charge in [0.05, 0.1) is 0 Å². The van der Waals surface area contributed by atoms with Crippen LogP contribution in [0.15, 0.2) is 5.38 Å². The van der Waals surface area contributed by atoms with E-state index in [9.17, 15) is 9.59 Å². The minimum Gasteiger partial charge on any atom is -0.339 e. The van der Waals surface area contributed by atoms with Gasteiger partial charge in [-0.05, 0) is 18.8 Å². The van der Waals surface area contributed by atoms with E-state index in [2.05, 4.69) is 4.98 Å². The zero-order valence-corrected chi connectivity index (χ0v) is 14.9. The number of nitrogens with zero attached hydrogens (tertiary/aromatic N) is 3. The van der Waals surface area contributed by atoms with Gasteiger partial charge in [0.25, 0.3) is 5.91 Å². The average Bonchev–Trinajstić information content (AvgIpc) is 3.11. The van der Waals surface area contributed by atoms with Gasteiger partial charge in [0.15, 0.2) is 0 Å². The Hall–Kier alpha value is -1.47. The summed E-state index contributed by atoms with van der Waals surface area (Å²) >= 11 is 1.42. The van der Waals surface area contributed by atoms with Crippen LogP contribution in [0.2, 0.25) is 0 Å². The topological polar surface area (TPSA) is 79.5 Å². The van der Waals surface area contributed by atoms with E-state index in [1.54, 1.807) is 10.3 Å². The molecule has 1 aliphatic heterocycles. The number of aromatic nitrogens is 1. The largest absolute Gasteiger partial charge is 0.339 e. The lowest BCUT2D eigenvalue weighted by Gasteiger charge is -2.35. The maximum absolute atomic E-state index is 12.5. The smallest absolute Gasteiger partial charge is 0.273 e. The number of amides is 2. The maximum Gasteiger partial charge on any atom is 0.273 e. The Morgan fingerprint density at radius 1 is 1.12 bits per heavy atom. The molecule has 2 heterocycles. The zero-order chi connectivity index (χ0) is 16.9. The first-order valence-corrected chi connectivity index (χ1v) is 9.77. The zero-order valence-electron chi connectivity index (χ0n) is 14.1. The molecule has 0 aromatic carbocycles. The second-order valence-electron chi connectivity index (χ2n) is 6.71. The van der Waals surface area contributed by atoms with Crippen LogP contribution in [-0.2, 0) is 11.3 Å². The van der Waals surface area contributed by atoms with E-state index in [-0.39, 0.29) is 11.8 Å². The summed E-state index contributed by atoms with van der Waals surface area (Å²) in [5, 5.41) is 2.55. The number of carbonyl (C=O) groups excluding carboxylic acids is 2. The molecule has 0 bridgehead atoms. The molecular formula is C17H26N4O2S. The summed E-state index contributed by atoms with van der Waals surface area (Å²) < 4.78 is 0. The van der Waals surface area contributed by atoms with Crippen LogP contribution in [0.25, 0.3) is 0 Å². The lowest BCUT2D eigenvalue weighted by molar-refractivity contribution is -0.133. The van der Waals surface area contributed by atoms with E-state index in [1.165, 1.54) is 43.4 Å². The summed E-state index contributed by atoms with van der Waals surface area (Å²) in [5.74, 6) is 0.772. The van der Waals surface area contributed by atoms with Crippen molar-refractivity contribution in [2.24, 2.45) is 11.7 Å². The normalized spacial score (nSPS) is 19.5. The Labute approximate surface area is 147 Å². The highest BCUT2D eigenvalue weighted by Crippen LogP contribution is 2.27.